The van der Waals surface area contributed by atoms with Gasteiger partial charge in [0.25, 0.3) is 5.91 Å². The molecule has 0 unspecified atom stereocenters. The average Bonchev–Trinajstić information content (AvgIpc) is 2.88. The number of carbonyl (C=O) groups excluding carboxylic acids is 1. The zero-order valence-electron chi connectivity index (χ0n) is 20.8. The molecule has 0 atom stereocenters. The van der Waals surface area contributed by atoms with E-state index in [1.807, 2.05) is 63.4 Å². The van der Waals surface area contributed by atoms with Gasteiger partial charge in [-0.2, -0.15) is 0 Å². The fraction of sp³-hybridized carbons (Fsp3) is 0.321. The second kappa shape index (κ2) is 11.3. The van der Waals surface area contributed by atoms with Crippen LogP contribution < -0.4 is 10.8 Å². The van der Waals surface area contributed by atoms with Gasteiger partial charge in [-0.1, -0.05) is 24.0 Å². The molecule has 0 spiro atoms. The smallest absolute Gasteiger partial charge is 0.276 e. The highest BCUT2D eigenvalue weighted by atomic mass is 16.5. The molecule has 1 amide bonds. The minimum Gasteiger partial charge on any atom is -0.379 e. The molecule has 4 rings (SSSR count). The number of benzene rings is 1. The van der Waals surface area contributed by atoms with Crippen LogP contribution in [0.1, 0.15) is 48.0 Å². The third kappa shape index (κ3) is 6.89. The predicted molar refractivity (Wildman–Crippen MR) is 139 cm³/mol. The molecule has 1 saturated heterocycles. The molecule has 3 aromatic rings. The number of morpholine rings is 1. The summed E-state index contributed by atoms with van der Waals surface area (Å²) in [6, 6.07) is 13.5. The molecule has 8 heteroatoms. The normalized spacial score (nSPS) is 14.0. The van der Waals surface area contributed by atoms with E-state index in [1.165, 1.54) is 6.20 Å². The molecule has 1 fully saturated rings. The Morgan fingerprint density at radius 1 is 1.03 bits per heavy atom. The Morgan fingerprint density at radius 3 is 2.36 bits per heavy atom. The highest BCUT2D eigenvalue weighted by molar-refractivity contribution is 5.95. The van der Waals surface area contributed by atoms with Gasteiger partial charge in [0.2, 0.25) is 0 Å². The minimum atomic E-state index is -0.613. The summed E-state index contributed by atoms with van der Waals surface area (Å²) < 4.78 is 5.40. The first-order valence-electron chi connectivity index (χ1n) is 11.9. The van der Waals surface area contributed by atoms with Crippen LogP contribution >= 0.6 is 0 Å². The van der Waals surface area contributed by atoms with Crippen LogP contribution in [0.25, 0.3) is 11.1 Å². The first-order valence-corrected chi connectivity index (χ1v) is 11.9. The number of nitrogens with zero attached hydrogens (tertiary/aromatic N) is 3. The molecule has 0 radical (unpaired) electrons. The minimum absolute atomic E-state index is 0.223. The quantitative estimate of drug-likeness (QED) is 0.288. The van der Waals surface area contributed by atoms with Crippen LogP contribution in [0.2, 0.25) is 0 Å². The Balaban J connectivity index is 1.50. The molecule has 0 saturated carbocycles. The molecule has 3 N–H and O–H groups in total. The number of hydrogen-bond acceptors (Lipinski definition) is 7. The standard InChI is InChI=1S/C28H31N5O3/c1-28(2,3)31-26-25(16-23(18-30-26)27(34)32-35)22-9-6-20(7-10-22)4-5-21-8-11-24(29-17-21)19-33-12-14-36-15-13-33/h6-11,16-18,35H,12-15,19H2,1-3H3,(H,30,31)(H,32,34). The first-order chi connectivity index (χ1) is 17.3. The number of anilines is 1. The fourth-order valence-electron chi connectivity index (χ4n) is 3.79. The van der Waals surface area contributed by atoms with Gasteiger partial charge in [0.1, 0.15) is 5.82 Å². The van der Waals surface area contributed by atoms with Crippen molar-refractivity contribution in [2.45, 2.75) is 32.9 Å². The van der Waals surface area contributed by atoms with Gasteiger partial charge in [-0.25, -0.2) is 10.5 Å². The van der Waals surface area contributed by atoms with Crippen LogP contribution in [0, 0.1) is 11.8 Å². The van der Waals surface area contributed by atoms with Crippen LogP contribution in [0.4, 0.5) is 5.82 Å². The van der Waals surface area contributed by atoms with Crippen LogP contribution in [-0.2, 0) is 11.3 Å². The molecule has 2 aromatic heterocycles. The van der Waals surface area contributed by atoms with Crippen LogP contribution in [0.5, 0.6) is 0 Å². The van der Waals surface area contributed by atoms with Gasteiger partial charge in [-0.3, -0.25) is 19.9 Å². The number of pyridine rings is 2. The molecular weight excluding hydrogens is 454 g/mol. The number of hydrogen-bond donors (Lipinski definition) is 3. The Labute approximate surface area is 211 Å². The van der Waals surface area contributed by atoms with E-state index in [0.29, 0.717) is 5.82 Å². The number of amides is 1. The van der Waals surface area contributed by atoms with Crippen LogP contribution in [-0.4, -0.2) is 57.8 Å². The van der Waals surface area contributed by atoms with Crippen molar-refractivity contribution in [1.29, 1.82) is 0 Å². The third-order valence-corrected chi connectivity index (χ3v) is 5.61. The zero-order chi connectivity index (χ0) is 25.5. The maximum Gasteiger partial charge on any atom is 0.276 e. The van der Waals surface area contributed by atoms with Crippen molar-refractivity contribution in [1.82, 2.24) is 20.3 Å². The van der Waals surface area contributed by atoms with Crippen LogP contribution in [0.3, 0.4) is 0 Å². The maximum absolute atomic E-state index is 11.9. The van der Waals surface area contributed by atoms with E-state index >= 15 is 0 Å². The molecule has 8 nitrogen and oxygen atoms in total. The lowest BCUT2D eigenvalue weighted by Gasteiger charge is -2.26. The summed E-state index contributed by atoms with van der Waals surface area (Å²) in [6.45, 7) is 10.3. The Kier molecular flexibility index (Phi) is 7.96. The molecule has 0 bridgehead atoms. The van der Waals surface area contributed by atoms with Crippen molar-refractivity contribution in [3.8, 4) is 23.0 Å². The summed E-state index contributed by atoms with van der Waals surface area (Å²) in [4.78, 5) is 23.3. The number of nitrogens with one attached hydrogen (secondary N) is 2. The zero-order valence-corrected chi connectivity index (χ0v) is 20.8. The SMILES string of the molecule is CC(C)(C)Nc1ncc(C(=O)NO)cc1-c1ccc(C#Cc2ccc(CN3CCOCC3)nc2)cc1. The highest BCUT2D eigenvalue weighted by Gasteiger charge is 2.17. The Morgan fingerprint density at radius 2 is 1.72 bits per heavy atom. The second-order valence-electron chi connectivity index (χ2n) is 9.69. The van der Waals surface area contributed by atoms with Crippen molar-refractivity contribution in [3.63, 3.8) is 0 Å². The van der Waals surface area contributed by atoms with Crippen LogP contribution in [0.15, 0.2) is 54.9 Å². The highest BCUT2D eigenvalue weighted by Crippen LogP contribution is 2.29. The lowest BCUT2D eigenvalue weighted by atomic mass is 10.0. The summed E-state index contributed by atoms with van der Waals surface area (Å²) in [5.41, 5.74) is 6.08. The van der Waals surface area contributed by atoms with Crippen molar-refractivity contribution < 1.29 is 14.7 Å². The molecule has 3 heterocycles. The number of carbonyl (C=O) groups is 1. The van der Waals surface area contributed by atoms with Gasteiger partial charge < -0.3 is 10.1 Å². The predicted octanol–water partition coefficient (Wildman–Crippen LogP) is 3.71. The van der Waals surface area contributed by atoms with E-state index in [1.54, 1.807) is 11.5 Å². The van der Waals surface area contributed by atoms with Crippen molar-refractivity contribution >= 4 is 11.7 Å². The van der Waals surface area contributed by atoms with E-state index in [9.17, 15) is 4.79 Å². The second-order valence-corrected chi connectivity index (χ2v) is 9.69. The lowest BCUT2D eigenvalue weighted by Crippen LogP contribution is -2.35. The lowest BCUT2D eigenvalue weighted by molar-refractivity contribution is 0.0336. The number of rotatable bonds is 5. The molecule has 1 aromatic carbocycles. The molecule has 0 aliphatic carbocycles. The first kappa shape index (κ1) is 25.3. The van der Waals surface area contributed by atoms with E-state index in [2.05, 4.69) is 32.0 Å². The number of hydroxylamine groups is 1. The van der Waals surface area contributed by atoms with Crippen molar-refractivity contribution in [3.05, 3.63) is 77.2 Å². The van der Waals surface area contributed by atoms with E-state index in [4.69, 9.17) is 9.94 Å². The van der Waals surface area contributed by atoms with Gasteiger partial charge in [-0.15, -0.1) is 0 Å². The summed E-state index contributed by atoms with van der Waals surface area (Å²) in [7, 11) is 0. The molecule has 186 valence electrons. The fourth-order valence-corrected chi connectivity index (χ4v) is 3.79. The van der Waals surface area contributed by atoms with Gasteiger partial charge in [0, 0.05) is 54.3 Å². The van der Waals surface area contributed by atoms with E-state index in [0.717, 1.165) is 60.8 Å². The van der Waals surface area contributed by atoms with E-state index < -0.39 is 5.91 Å². The summed E-state index contributed by atoms with van der Waals surface area (Å²) >= 11 is 0. The largest absolute Gasteiger partial charge is 0.379 e. The molecular formula is C28H31N5O3. The third-order valence-electron chi connectivity index (χ3n) is 5.61. The topological polar surface area (TPSA) is 99.6 Å². The molecule has 36 heavy (non-hydrogen) atoms. The van der Waals surface area contributed by atoms with E-state index in [-0.39, 0.29) is 11.1 Å². The van der Waals surface area contributed by atoms with Gasteiger partial charge in [0.05, 0.1) is 24.5 Å². The van der Waals surface area contributed by atoms with Gasteiger partial charge in [-0.05, 0) is 56.7 Å². The van der Waals surface area contributed by atoms with Crippen molar-refractivity contribution in [2.75, 3.05) is 31.6 Å². The molecule has 1 aliphatic rings. The van der Waals surface area contributed by atoms with Gasteiger partial charge in [0.15, 0.2) is 0 Å². The summed E-state index contributed by atoms with van der Waals surface area (Å²) in [5, 5.41) is 12.4. The maximum atomic E-state index is 11.9. The average molecular weight is 486 g/mol. The summed E-state index contributed by atoms with van der Waals surface area (Å²) in [5.74, 6) is 6.40. The number of aromatic nitrogens is 2. The number of ether oxygens (including phenoxy) is 1. The van der Waals surface area contributed by atoms with Gasteiger partial charge >= 0.3 is 0 Å². The Bertz CT molecular complexity index is 1250. The Hall–Kier alpha value is -3.77. The van der Waals surface area contributed by atoms with Crippen molar-refractivity contribution in [2.24, 2.45) is 0 Å². The summed E-state index contributed by atoms with van der Waals surface area (Å²) in [6.07, 6.45) is 3.24. The monoisotopic (exact) mass is 485 g/mol. The molecule has 1 aliphatic heterocycles.